The van der Waals surface area contributed by atoms with Gasteiger partial charge in [-0.05, 0) is 48.1 Å². The predicted molar refractivity (Wildman–Crippen MR) is 109 cm³/mol. The van der Waals surface area contributed by atoms with Crippen LogP contribution in [0.4, 0.5) is 0 Å². The van der Waals surface area contributed by atoms with Gasteiger partial charge >= 0.3 is 0 Å². The van der Waals surface area contributed by atoms with Crippen molar-refractivity contribution in [2.24, 2.45) is 0 Å². The molecule has 0 amide bonds. The normalized spacial score (nSPS) is 29.4. The summed E-state index contributed by atoms with van der Waals surface area (Å²) >= 11 is 6.44. The molecule has 1 saturated heterocycles. The van der Waals surface area contributed by atoms with Crippen molar-refractivity contribution in [3.63, 3.8) is 0 Å². The molecule has 158 valence electrons. The first-order valence-electron chi connectivity index (χ1n) is 10.1. The van der Waals surface area contributed by atoms with Crippen LogP contribution in [0.5, 0.6) is 5.75 Å². The van der Waals surface area contributed by atoms with Crippen LogP contribution in [-0.2, 0) is 22.4 Å². The smallest absolute Gasteiger partial charge is 0.174 e. The van der Waals surface area contributed by atoms with Crippen LogP contribution < -0.4 is 4.74 Å². The third-order valence-electron chi connectivity index (χ3n) is 6.33. The van der Waals surface area contributed by atoms with Gasteiger partial charge in [-0.1, -0.05) is 35.9 Å². The van der Waals surface area contributed by atoms with Crippen LogP contribution >= 0.6 is 11.6 Å². The highest BCUT2D eigenvalue weighted by molar-refractivity contribution is 6.31. The molecule has 3 N–H and O–H groups in total. The number of rotatable bonds is 3. The number of ether oxygens (including phenoxy) is 2. The average Bonchev–Trinajstić information content (AvgIpc) is 3.52. The standard InChI is InChI=1S/C23H23ClO6/c24-17-4-3-14(21-19(26)20(27)22(28)23(30-21)5-6-23)9-15(17)7-12-1-2-13-10-16(25)11-29-18(13)8-12/h1-4,8-9,19-22,26-28H,5-7,10-11H2/t19-,20-,21+,22+/m1/s1. The van der Waals surface area contributed by atoms with E-state index in [4.69, 9.17) is 21.1 Å². The maximum atomic E-state index is 11.5. The van der Waals surface area contributed by atoms with Crippen molar-refractivity contribution in [2.45, 2.75) is 55.7 Å². The van der Waals surface area contributed by atoms with Crippen LogP contribution in [-0.4, -0.2) is 51.6 Å². The second kappa shape index (κ2) is 7.32. The van der Waals surface area contributed by atoms with Gasteiger partial charge in [0.25, 0.3) is 0 Å². The lowest BCUT2D eigenvalue weighted by Crippen LogP contribution is -2.55. The average molecular weight is 431 g/mol. The number of hydrogen-bond acceptors (Lipinski definition) is 6. The Morgan fingerprint density at radius 2 is 1.87 bits per heavy atom. The van der Waals surface area contributed by atoms with Gasteiger partial charge in [0.05, 0.1) is 5.60 Å². The number of hydrogen-bond donors (Lipinski definition) is 3. The largest absolute Gasteiger partial charge is 0.486 e. The molecule has 0 bridgehead atoms. The minimum absolute atomic E-state index is 0.0674. The van der Waals surface area contributed by atoms with Gasteiger partial charge in [-0.25, -0.2) is 0 Å². The Balaban J connectivity index is 1.41. The van der Waals surface area contributed by atoms with E-state index in [1.807, 2.05) is 24.3 Å². The molecule has 7 heteroatoms. The van der Waals surface area contributed by atoms with Crippen LogP contribution in [0.3, 0.4) is 0 Å². The highest BCUT2D eigenvalue weighted by Gasteiger charge is 2.60. The maximum Gasteiger partial charge on any atom is 0.174 e. The quantitative estimate of drug-likeness (QED) is 0.690. The molecule has 0 radical (unpaired) electrons. The SMILES string of the molecule is O=C1COc2cc(Cc3cc([C@@H]4OC5(CC5)[C@@H](O)[C@H](O)[C@H]4O)ccc3Cl)ccc2C1. The van der Waals surface area contributed by atoms with Crippen LogP contribution in [0.15, 0.2) is 36.4 Å². The summed E-state index contributed by atoms with van der Waals surface area (Å²) in [5.41, 5.74) is 2.66. The number of aliphatic hydroxyl groups is 3. The second-order valence-corrected chi connectivity index (χ2v) is 8.91. The zero-order chi connectivity index (χ0) is 21.0. The van der Waals surface area contributed by atoms with Crippen molar-refractivity contribution in [3.8, 4) is 5.75 Å². The number of benzene rings is 2. The van der Waals surface area contributed by atoms with Crippen LogP contribution in [0.1, 0.15) is 41.2 Å². The first-order valence-corrected chi connectivity index (χ1v) is 10.5. The first kappa shape index (κ1) is 20.0. The molecule has 1 saturated carbocycles. The van der Waals surface area contributed by atoms with Crippen LogP contribution in [0.25, 0.3) is 0 Å². The zero-order valence-electron chi connectivity index (χ0n) is 16.3. The summed E-state index contributed by atoms with van der Waals surface area (Å²) in [6.45, 7) is 0.0968. The van der Waals surface area contributed by atoms with E-state index in [2.05, 4.69) is 0 Å². The van der Waals surface area contributed by atoms with Crippen molar-refractivity contribution in [2.75, 3.05) is 6.61 Å². The van der Waals surface area contributed by atoms with E-state index in [0.29, 0.717) is 36.3 Å². The summed E-state index contributed by atoms with van der Waals surface area (Å²) in [5.74, 6) is 0.788. The number of ketones is 1. The lowest BCUT2D eigenvalue weighted by molar-refractivity contribution is -0.236. The monoisotopic (exact) mass is 430 g/mol. The van der Waals surface area contributed by atoms with E-state index in [-0.39, 0.29) is 12.4 Å². The van der Waals surface area contributed by atoms with E-state index in [9.17, 15) is 20.1 Å². The van der Waals surface area contributed by atoms with E-state index in [1.54, 1.807) is 12.1 Å². The molecule has 6 nitrogen and oxygen atoms in total. The van der Waals surface area contributed by atoms with Crippen molar-refractivity contribution in [1.82, 2.24) is 0 Å². The fourth-order valence-electron chi connectivity index (χ4n) is 4.41. The highest BCUT2D eigenvalue weighted by atomic mass is 35.5. The third kappa shape index (κ3) is 3.43. The number of halogens is 1. The molecule has 0 unspecified atom stereocenters. The summed E-state index contributed by atoms with van der Waals surface area (Å²) in [6.07, 6.45) is -2.06. The third-order valence-corrected chi connectivity index (χ3v) is 6.70. The van der Waals surface area contributed by atoms with Crippen molar-refractivity contribution >= 4 is 17.4 Å². The fourth-order valence-corrected chi connectivity index (χ4v) is 4.59. The molecule has 5 rings (SSSR count). The second-order valence-electron chi connectivity index (χ2n) is 8.50. The van der Waals surface area contributed by atoms with Gasteiger partial charge in [0.2, 0.25) is 0 Å². The molecule has 2 aromatic carbocycles. The summed E-state index contributed by atoms with van der Waals surface area (Å²) in [6, 6.07) is 11.2. The Morgan fingerprint density at radius 3 is 2.63 bits per heavy atom. The number of carbonyl (C=O) groups is 1. The van der Waals surface area contributed by atoms with Crippen molar-refractivity contribution in [3.05, 3.63) is 63.7 Å². The lowest BCUT2D eigenvalue weighted by Gasteiger charge is -2.41. The van der Waals surface area contributed by atoms with Crippen LogP contribution in [0.2, 0.25) is 5.02 Å². The fraction of sp³-hybridized carbons (Fsp3) is 0.435. The molecule has 1 spiro atoms. The summed E-state index contributed by atoms with van der Waals surface area (Å²) in [5, 5.41) is 31.6. The molecule has 0 aromatic heterocycles. The number of fused-ring (bicyclic) bond motifs is 1. The number of carbonyl (C=O) groups excluding carboxylic acids is 1. The van der Waals surface area contributed by atoms with E-state index in [1.165, 1.54) is 0 Å². The minimum Gasteiger partial charge on any atom is -0.486 e. The zero-order valence-corrected chi connectivity index (χ0v) is 17.0. The van der Waals surface area contributed by atoms with Gasteiger partial charge in [0, 0.05) is 17.0 Å². The van der Waals surface area contributed by atoms with E-state index in [0.717, 1.165) is 22.4 Å². The Hall–Kier alpha value is -1.96. The number of Topliss-reactive ketones (excluding diaryl/α,β-unsaturated/α-hetero) is 1. The molecule has 2 fully saturated rings. The van der Waals surface area contributed by atoms with Gasteiger partial charge in [0.1, 0.15) is 36.8 Å². The molecular weight excluding hydrogens is 408 g/mol. The maximum absolute atomic E-state index is 11.5. The minimum atomic E-state index is -1.26. The topological polar surface area (TPSA) is 96.2 Å². The highest BCUT2D eigenvalue weighted by Crippen LogP contribution is 2.51. The molecule has 4 atom stereocenters. The predicted octanol–water partition coefficient (Wildman–Crippen LogP) is 2.12. The molecule has 2 heterocycles. The van der Waals surface area contributed by atoms with E-state index >= 15 is 0 Å². The van der Waals surface area contributed by atoms with Gasteiger partial charge in [-0.15, -0.1) is 0 Å². The Morgan fingerprint density at radius 1 is 1.07 bits per heavy atom. The molecule has 2 aromatic rings. The molecular formula is C23H23ClO6. The van der Waals surface area contributed by atoms with Gasteiger partial charge < -0.3 is 24.8 Å². The molecule has 3 aliphatic rings. The van der Waals surface area contributed by atoms with Crippen molar-refractivity contribution < 1.29 is 29.6 Å². The van der Waals surface area contributed by atoms with E-state index < -0.39 is 30.0 Å². The van der Waals surface area contributed by atoms with Gasteiger partial charge in [-0.3, -0.25) is 4.79 Å². The molecule has 30 heavy (non-hydrogen) atoms. The molecule has 1 aliphatic carbocycles. The Kier molecular flexibility index (Phi) is 4.87. The lowest BCUT2D eigenvalue weighted by atomic mass is 9.89. The first-order chi connectivity index (χ1) is 14.4. The Labute approximate surface area is 179 Å². The number of aliphatic hydroxyl groups excluding tert-OH is 3. The summed E-state index contributed by atoms with van der Waals surface area (Å²) in [7, 11) is 0. The summed E-state index contributed by atoms with van der Waals surface area (Å²) in [4.78, 5) is 11.5. The Bertz CT molecular complexity index is 1000. The van der Waals surface area contributed by atoms with Crippen LogP contribution in [0, 0.1) is 0 Å². The van der Waals surface area contributed by atoms with Crippen molar-refractivity contribution in [1.29, 1.82) is 0 Å². The van der Waals surface area contributed by atoms with Gasteiger partial charge in [0.15, 0.2) is 5.78 Å². The summed E-state index contributed by atoms with van der Waals surface area (Å²) < 4.78 is 11.6. The van der Waals surface area contributed by atoms with Gasteiger partial charge in [-0.2, -0.15) is 0 Å². The molecule has 2 aliphatic heterocycles.